The minimum absolute atomic E-state index is 0.0179. The molecule has 2 rings (SSSR count). The van der Waals surface area contributed by atoms with Gasteiger partial charge in [-0.1, -0.05) is 6.07 Å². The topological polar surface area (TPSA) is 107 Å². The average Bonchev–Trinajstić information content (AvgIpc) is 2.92. The Balaban J connectivity index is 2.22. The quantitative estimate of drug-likeness (QED) is 0.438. The van der Waals surface area contributed by atoms with Crippen molar-refractivity contribution in [1.82, 2.24) is 5.43 Å². The van der Waals surface area contributed by atoms with Crippen molar-refractivity contribution >= 4 is 23.2 Å². The highest BCUT2D eigenvalue weighted by Crippen LogP contribution is 2.24. The number of rotatable bonds is 5. The predicted molar refractivity (Wildman–Crippen MR) is 75.2 cm³/mol. The van der Waals surface area contributed by atoms with Gasteiger partial charge in [0.2, 0.25) is 0 Å². The fourth-order valence-electron chi connectivity index (χ4n) is 1.73. The van der Waals surface area contributed by atoms with E-state index < -0.39 is 17.6 Å². The summed E-state index contributed by atoms with van der Waals surface area (Å²) in [6, 6.07) is 5.62. The lowest BCUT2D eigenvalue weighted by Gasteiger charge is -2.10. The van der Waals surface area contributed by atoms with Crippen LogP contribution in [0.15, 0.2) is 29.6 Å². The lowest BCUT2D eigenvalue weighted by atomic mass is 10.2. The summed E-state index contributed by atoms with van der Waals surface area (Å²) in [5.74, 6) is 2.97. The van der Waals surface area contributed by atoms with Crippen molar-refractivity contribution in [2.75, 3.05) is 0 Å². The van der Waals surface area contributed by atoms with E-state index in [1.807, 2.05) is 5.43 Å². The molecule has 0 aliphatic carbocycles. The van der Waals surface area contributed by atoms with Gasteiger partial charge in [0.1, 0.15) is 23.7 Å². The van der Waals surface area contributed by atoms with Crippen LogP contribution in [0.25, 0.3) is 0 Å². The molecule has 5 N–H and O–H groups in total. The van der Waals surface area contributed by atoms with Crippen molar-refractivity contribution < 1.29 is 18.7 Å². The summed E-state index contributed by atoms with van der Waals surface area (Å²) in [6.45, 7) is -0.0179. The fraction of sp³-hybridized carbons (Fsp3) is 0.0769. The number of carbonyl (C=O) groups is 2. The van der Waals surface area contributed by atoms with Crippen LogP contribution in [-0.2, 0) is 6.61 Å². The largest absolute Gasteiger partial charge is 0.488 e. The van der Waals surface area contributed by atoms with Gasteiger partial charge < -0.3 is 10.5 Å². The molecule has 0 fully saturated rings. The number of nitrogens with two attached hydrogens (primary N) is 2. The molecule has 110 valence electrons. The summed E-state index contributed by atoms with van der Waals surface area (Å²) in [7, 11) is 0. The van der Waals surface area contributed by atoms with Gasteiger partial charge in [0, 0.05) is 5.56 Å². The molecule has 0 atom stereocenters. The van der Waals surface area contributed by atoms with E-state index in [2.05, 4.69) is 0 Å². The Morgan fingerprint density at radius 2 is 2.10 bits per heavy atom. The third-order valence-corrected chi connectivity index (χ3v) is 3.64. The highest BCUT2D eigenvalue weighted by molar-refractivity contribution is 7.12. The molecule has 0 bridgehead atoms. The maximum absolute atomic E-state index is 13.6. The van der Waals surface area contributed by atoms with Gasteiger partial charge in [-0.2, -0.15) is 0 Å². The molecule has 6 nitrogen and oxygen atoms in total. The number of carbonyl (C=O) groups excluding carboxylic acids is 2. The summed E-state index contributed by atoms with van der Waals surface area (Å²) in [4.78, 5) is 23.2. The number of hydrogen-bond acceptors (Lipinski definition) is 5. The summed E-state index contributed by atoms with van der Waals surface area (Å²) >= 11 is 1.19. The number of hydrogen-bond donors (Lipinski definition) is 3. The average molecular weight is 309 g/mol. The van der Waals surface area contributed by atoms with Gasteiger partial charge >= 0.3 is 0 Å². The van der Waals surface area contributed by atoms with E-state index in [-0.39, 0.29) is 17.9 Å². The molecule has 2 aromatic rings. The molecular formula is C13H12FN3O3S. The van der Waals surface area contributed by atoms with Crippen LogP contribution in [0.5, 0.6) is 5.75 Å². The second-order valence-electron chi connectivity index (χ2n) is 4.01. The number of nitrogen functional groups attached to an aromatic ring is 1. The van der Waals surface area contributed by atoms with Crippen LogP contribution >= 0.6 is 11.3 Å². The first-order valence-electron chi connectivity index (χ1n) is 5.83. The van der Waals surface area contributed by atoms with Gasteiger partial charge in [-0.15, -0.1) is 11.3 Å². The molecule has 1 aromatic heterocycles. The first kappa shape index (κ1) is 14.9. The van der Waals surface area contributed by atoms with Crippen molar-refractivity contribution in [3.05, 3.63) is 51.5 Å². The molecule has 0 aliphatic rings. The molecule has 0 spiro atoms. The second kappa shape index (κ2) is 6.33. The molecule has 0 saturated carbocycles. The van der Waals surface area contributed by atoms with Gasteiger partial charge in [0.15, 0.2) is 0 Å². The van der Waals surface area contributed by atoms with Crippen molar-refractivity contribution in [2.24, 2.45) is 11.6 Å². The summed E-state index contributed by atoms with van der Waals surface area (Å²) < 4.78 is 19.0. The Labute approximate surface area is 123 Å². The molecular weight excluding hydrogens is 297 g/mol. The van der Waals surface area contributed by atoms with Crippen LogP contribution < -0.4 is 21.7 Å². The number of hydrazine groups is 1. The fourth-order valence-corrected chi connectivity index (χ4v) is 2.55. The highest BCUT2D eigenvalue weighted by atomic mass is 32.1. The maximum Gasteiger partial charge on any atom is 0.275 e. The van der Waals surface area contributed by atoms with Crippen LogP contribution in [0.2, 0.25) is 0 Å². The zero-order valence-electron chi connectivity index (χ0n) is 10.8. The Morgan fingerprint density at radius 1 is 1.33 bits per heavy atom. The van der Waals surface area contributed by atoms with Gasteiger partial charge in [-0.3, -0.25) is 15.0 Å². The molecule has 0 saturated heterocycles. The van der Waals surface area contributed by atoms with Gasteiger partial charge in [-0.05, 0) is 23.6 Å². The second-order valence-corrected chi connectivity index (χ2v) is 4.93. The standard InChI is InChI=1S/C13H12FN3O3S/c14-8-2-1-3-9(10(8)12(15)18)20-6-7-4-5-21-11(7)13(19)17-16/h1-5H,6,16H2,(H2,15,18)(H,17,19). The number of ether oxygens (including phenoxy) is 1. The lowest BCUT2D eigenvalue weighted by Crippen LogP contribution is -2.30. The number of benzene rings is 1. The Morgan fingerprint density at radius 3 is 2.76 bits per heavy atom. The highest BCUT2D eigenvalue weighted by Gasteiger charge is 2.17. The zero-order chi connectivity index (χ0) is 15.4. The Bertz CT molecular complexity index is 687. The minimum atomic E-state index is -0.923. The van der Waals surface area contributed by atoms with Gasteiger partial charge in [0.25, 0.3) is 11.8 Å². The number of thiophene rings is 1. The van der Waals surface area contributed by atoms with Crippen LogP contribution in [0.1, 0.15) is 25.6 Å². The normalized spacial score (nSPS) is 10.2. The molecule has 0 radical (unpaired) electrons. The van der Waals surface area contributed by atoms with E-state index in [1.54, 1.807) is 11.4 Å². The van der Waals surface area contributed by atoms with Crippen molar-refractivity contribution in [1.29, 1.82) is 0 Å². The molecule has 0 unspecified atom stereocenters. The lowest BCUT2D eigenvalue weighted by molar-refractivity contribution is 0.0952. The van der Waals surface area contributed by atoms with E-state index in [0.29, 0.717) is 10.4 Å². The van der Waals surface area contributed by atoms with E-state index in [1.165, 1.54) is 23.5 Å². The summed E-state index contributed by atoms with van der Waals surface area (Å²) in [5.41, 5.74) is 7.40. The smallest absolute Gasteiger partial charge is 0.275 e. The van der Waals surface area contributed by atoms with Crippen LogP contribution in [0.4, 0.5) is 4.39 Å². The third kappa shape index (κ3) is 3.18. The van der Waals surface area contributed by atoms with Crippen LogP contribution in [-0.4, -0.2) is 11.8 Å². The van der Waals surface area contributed by atoms with Gasteiger partial charge in [-0.25, -0.2) is 10.2 Å². The molecule has 8 heteroatoms. The Hall–Kier alpha value is -2.45. The SMILES string of the molecule is NNC(=O)c1sccc1COc1cccc(F)c1C(N)=O. The zero-order valence-corrected chi connectivity index (χ0v) is 11.6. The summed E-state index contributed by atoms with van der Waals surface area (Å²) in [5, 5.41) is 1.70. The molecule has 1 aromatic carbocycles. The molecule has 0 aliphatic heterocycles. The third-order valence-electron chi connectivity index (χ3n) is 2.69. The van der Waals surface area contributed by atoms with E-state index in [4.69, 9.17) is 16.3 Å². The van der Waals surface area contributed by atoms with Crippen molar-refractivity contribution in [3.63, 3.8) is 0 Å². The number of halogens is 1. The minimum Gasteiger partial charge on any atom is -0.488 e. The number of amides is 2. The summed E-state index contributed by atoms with van der Waals surface area (Å²) in [6.07, 6.45) is 0. The van der Waals surface area contributed by atoms with Gasteiger partial charge in [0.05, 0.1) is 4.88 Å². The number of nitrogens with one attached hydrogen (secondary N) is 1. The van der Waals surface area contributed by atoms with Crippen LogP contribution in [0, 0.1) is 5.82 Å². The van der Waals surface area contributed by atoms with E-state index >= 15 is 0 Å². The number of primary amides is 1. The monoisotopic (exact) mass is 309 g/mol. The van der Waals surface area contributed by atoms with Crippen LogP contribution in [0.3, 0.4) is 0 Å². The van der Waals surface area contributed by atoms with E-state index in [0.717, 1.165) is 6.07 Å². The van der Waals surface area contributed by atoms with Crippen molar-refractivity contribution in [2.45, 2.75) is 6.61 Å². The molecule has 21 heavy (non-hydrogen) atoms. The van der Waals surface area contributed by atoms with E-state index in [9.17, 15) is 14.0 Å². The molecule has 2 amide bonds. The Kier molecular flexibility index (Phi) is 4.51. The first-order valence-corrected chi connectivity index (χ1v) is 6.71. The maximum atomic E-state index is 13.6. The van der Waals surface area contributed by atoms with Crippen molar-refractivity contribution in [3.8, 4) is 5.75 Å². The first-order chi connectivity index (χ1) is 10.0. The predicted octanol–water partition coefficient (Wildman–Crippen LogP) is 1.17. The molecule has 1 heterocycles.